The fourth-order valence-electron chi connectivity index (χ4n) is 0.305. The van der Waals surface area contributed by atoms with Gasteiger partial charge in [-0.25, -0.2) is 0 Å². The molecular weight excluding hydrogens is 172 g/mol. The smallest absolute Gasteiger partial charge is 0.395 e. The molecule has 0 amide bonds. The Balaban J connectivity index is 3.94. The Bertz CT molecular complexity index is 105. The zero-order valence-electron chi connectivity index (χ0n) is 4.77. The highest BCUT2D eigenvalue weighted by atomic mass is 35.5. The quantitative estimate of drug-likeness (QED) is 0.605. The fourth-order valence-corrected chi connectivity index (χ4v) is 0.448. The second-order valence-corrected chi connectivity index (χ2v) is 2.25. The number of hydrogen-bond donors (Lipinski definition) is 2. The Morgan fingerprint density at radius 3 is 1.90 bits per heavy atom. The zero-order chi connectivity index (χ0) is 8.36. The molecule has 0 aromatic heterocycles. The molecule has 0 saturated heterocycles. The Morgan fingerprint density at radius 1 is 1.40 bits per heavy atom. The van der Waals surface area contributed by atoms with Crippen LogP contribution in [0, 0.1) is 0 Å². The fraction of sp³-hybridized carbons (Fsp3) is 1.00. The number of aliphatic hydroxyl groups is 2. The van der Waals surface area contributed by atoms with Crippen LogP contribution in [0.1, 0.15) is 0 Å². The molecule has 2 unspecified atom stereocenters. The molecule has 2 N–H and O–H groups in total. The maximum absolute atomic E-state index is 11.4. The first-order valence-corrected chi connectivity index (χ1v) is 2.83. The predicted octanol–water partition coefficient (Wildman–Crippen LogP) is 0.509. The van der Waals surface area contributed by atoms with E-state index in [-0.39, 0.29) is 0 Å². The molecule has 0 aliphatic rings. The summed E-state index contributed by atoms with van der Waals surface area (Å²) in [6, 6.07) is 0. The lowest BCUT2D eigenvalue weighted by molar-refractivity contribution is -0.205. The normalized spacial score (nSPS) is 18.6. The Labute approximate surface area is 60.2 Å². The molecule has 2 atom stereocenters. The van der Waals surface area contributed by atoms with Crippen LogP contribution in [0.15, 0.2) is 0 Å². The molecular formula is C4H6ClF3O2. The molecule has 0 heterocycles. The molecule has 2 nitrogen and oxygen atoms in total. The minimum atomic E-state index is -4.75. The van der Waals surface area contributed by atoms with E-state index in [0.717, 1.165) is 0 Å². The summed E-state index contributed by atoms with van der Waals surface area (Å²) >= 11 is 4.88. The highest BCUT2D eigenvalue weighted by Crippen LogP contribution is 2.24. The van der Waals surface area contributed by atoms with Crippen molar-refractivity contribution in [3.05, 3.63) is 0 Å². The van der Waals surface area contributed by atoms with Gasteiger partial charge in [0, 0.05) is 0 Å². The summed E-state index contributed by atoms with van der Waals surface area (Å²) in [5.74, 6) is 0. The summed E-state index contributed by atoms with van der Waals surface area (Å²) in [7, 11) is 0. The maximum Gasteiger partial charge on any atom is 0.415 e. The number of rotatable bonds is 2. The van der Waals surface area contributed by atoms with Crippen molar-refractivity contribution in [3.8, 4) is 0 Å². The standard InChI is InChI=1S/C4H6ClF3O2/c5-2(1-9)3(10)4(6,7)8/h2-3,9-10H,1H2. The summed E-state index contributed by atoms with van der Waals surface area (Å²) in [6.07, 6.45) is -7.41. The van der Waals surface area contributed by atoms with Gasteiger partial charge in [-0.1, -0.05) is 0 Å². The molecule has 10 heavy (non-hydrogen) atoms. The SMILES string of the molecule is OCC(Cl)C(O)C(F)(F)F. The van der Waals surface area contributed by atoms with Gasteiger partial charge in [0.25, 0.3) is 0 Å². The molecule has 0 aromatic carbocycles. The lowest BCUT2D eigenvalue weighted by Crippen LogP contribution is -2.38. The molecule has 0 radical (unpaired) electrons. The van der Waals surface area contributed by atoms with E-state index >= 15 is 0 Å². The molecule has 0 aromatic rings. The Morgan fingerprint density at radius 2 is 1.80 bits per heavy atom. The van der Waals surface area contributed by atoms with Gasteiger partial charge in [-0.2, -0.15) is 13.2 Å². The van der Waals surface area contributed by atoms with E-state index in [1.54, 1.807) is 0 Å². The average Bonchev–Trinajstić information content (AvgIpc) is 1.83. The largest absolute Gasteiger partial charge is 0.415 e. The second-order valence-electron chi connectivity index (χ2n) is 1.69. The summed E-state index contributed by atoms with van der Waals surface area (Å²) in [5.41, 5.74) is 0. The molecule has 0 aliphatic heterocycles. The van der Waals surface area contributed by atoms with Gasteiger partial charge in [-0.3, -0.25) is 0 Å². The number of alkyl halides is 4. The van der Waals surface area contributed by atoms with E-state index in [0.29, 0.717) is 0 Å². The minimum Gasteiger partial charge on any atom is -0.395 e. The van der Waals surface area contributed by atoms with Crippen molar-refractivity contribution in [2.45, 2.75) is 17.7 Å². The third-order valence-electron chi connectivity index (χ3n) is 0.852. The van der Waals surface area contributed by atoms with Crippen molar-refractivity contribution in [2.24, 2.45) is 0 Å². The highest BCUT2D eigenvalue weighted by molar-refractivity contribution is 6.21. The minimum absolute atomic E-state index is 0.901. The molecule has 0 bridgehead atoms. The van der Waals surface area contributed by atoms with E-state index in [2.05, 4.69) is 0 Å². The van der Waals surface area contributed by atoms with Crippen molar-refractivity contribution in [2.75, 3.05) is 6.61 Å². The van der Waals surface area contributed by atoms with Gasteiger partial charge in [0.05, 0.1) is 12.0 Å². The number of halogens is 4. The first-order valence-electron chi connectivity index (χ1n) is 2.39. The van der Waals surface area contributed by atoms with Gasteiger partial charge >= 0.3 is 6.18 Å². The highest BCUT2D eigenvalue weighted by Gasteiger charge is 2.42. The van der Waals surface area contributed by atoms with Crippen LogP contribution in [0.4, 0.5) is 13.2 Å². The summed E-state index contributed by atoms with van der Waals surface area (Å²) in [4.78, 5) is 0. The second kappa shape index (κ2) is 3.41. The summed E-state index contributed by atoms with van der Waals surface area (Å²) in [6.45, 7) is -0.901. The van der Waals surface area contributed by atoms with Crippen molar-refractivity contribution in [3.63, 3.8) is 0 Å². The van der Waals surface area contributed by atoms with E-state index in [1.165, 1.54) is 0 Å². The predicted molar refractivity (Wildman–Crippen MR) is 28.8 cm³/mol. The number of aliphatic hydroxyl groups excluding tert-OH is 2. The van der Waals surface area contributed by atoms with E-state index in [9.17, 15) is 13.2 Å². The third-order valence-corrected chi connectivity index (χ3v) is 1.23. The number of hydrogen-bond acceptors (Lipinski definition) is 2. The van der Waals surface area contributed by atoms with Crippen LogP contribution < -0.4 is 0 Å². The lowest BCUT2D eigenvalue weighted by Gasteiger charge is -2.17. The molecule has 0 spiro atoms. The van der Waals surface area contributed by atoms with Crippen LogP contribution in [0.2, 0.25) is 0 Å². The van der Waals surface area contributed by atoms with Gasteiger partial charge < -0.3 is 10.2 Å². The van der Waals surface area contributed by atoms with Gasteiger partial charge in [0.15, 0.2) is 6.10 Å². The zero-order valence-corrected chi connectivity index (χ0v) is 5.52. The Kier molecular flexibility index (Phi) is 3.41. The summed E-state index contributed by atoms with van der Waals surface area (Å²) in [5, 5.41) is 14.6. The van der Waals surface area contributed by atoms with Crippen LogP contribution in [0.25, 0.3) is 0 Å². The summed E-state index contributed by atoms with van der Waals surface area (Å²) < 4.78 is 34.3. The maximum atomic E-state index is 11.4. The first-order chi connectivity index (χ1) is 4.39. The van der Waals surface area contributed by atoms with Crippen molar-refractivity contribution < 1.29 is 23.4 Å². The van der Waals surface area contributed by atoms with Gasteiger partial charge in [0.1, 0.15) is 0 Å². The van der Waals surface area contributed by atoms with Crippen molar-refractivity contribution in [1.82, 2.24) is 0 Å². The Hall–Kier alpha value is -0.0000000000000000555. The molecule has 0 aliphatic carbocycles. The third kappa shape index (κ3) is 2.72. The first kappa shape index (κ1) is 10.0. The van der Waals surface area contributed by atoms with Crippen LogP contribution in [-0.2, 0) is 0 Å². The van der Waals surface area contributed by atoms with Crippen LogP contribution in [0.5, 0.6) is 0 Å². The van der Waals surface area contributed by atoms with Crippen LogP contribution in [-0.4, -0.2) is 34.5 Å². The van der Waals surface area contributed by atoms with Gasteiger partial charge in [0.2, 0.25) is 0 Å². The molecule has 62 valence electrons. The topological polar surface area (TPSA) is 40.5 Å². The van der Waals surface area contributed by atoms with Gasteiger partial charge in [-0.05, 0) is 0 Å². The molecule has 0 saturated carbocycles. The molecule has 0 fully saturated rings. The van der Waals surface area contributed by atoms with Crippen LogP contribution >= 0.6 is 11.6 Å². The van der Waals surface area contributed by atoms with Crippen molar-refractivity contribution in [1.29, 1.82) is 0 Å². The van der Waals surface area contributed by atoms with Crippen LogP contribution in [0.3, 0.4) is 0 Å². The van der Waals surface area contributed by atoms with E-state index in [1.807, 2.05) is 0 Å². The lowest BCUT2D eigenvalue weighted by atomic mass is 10.2. The van der Waals surface area contributed by atoms with Gasteiger partial charge in [-0.15, -0.1) is 11.6 Å². The van der Waals surface area contributed by atoms with Crippen molar-refractivity contribution >= 4 is 11.6 Å². The monoisotopic (exact) mass is 178 g/mol. The van der Waals surface area contributed by atoms with E-state index < -0.39 is 24.3 Å². The van der Waals surface area contributed by atoms with E-state index in [4.69, 9.17) is 21.8 Å². The molecule has 0 rings (SSSR count). The average molecular weight is 179 g/mol. The molecule has 6 heteroatoms.